The van der Waals surface area contributed by atoms with Gasteiger partial charge in [-0.1, -0.05) is 65.1 Å². The van der Waals surface area contributed by atoms with Gasteiger partial charge in [0.2, 0.25) is 12.2 Å². The summed E-state index contributed by atoms with van der Waals surface area (Å²) in [6.07, 6.45) is -4.39. The van der Waals surface area contributed by atoms with Gasteiger partial charge in [-0.25, -0.2) is 0 Å². The number of rotatable bonds is 5. The van der Waals surface area contributed by atoms with Crippen LogP contribution in [0.2, 0.25) is 0 Å². The Morgan fingerprint density at radius 1 is 1.35 bits per heavy atom. The molecule has 26 heavy (non-hydrogen) atoms. The van der Waals surface area contributed by atoms with Crippen LogP contribution in [-0.4, -0.2) is 47.8 Å². The number of halogens is 3. The summed E-state index contributed by atoms with van der Waals surface area (Å²) < 4.78 is 38.1. The highest BCUT2D eigenvalue weighted by molar-refractivity contribution is 7.85. The Labute approximate surface area is 166 Å². The van der Waals surface area contributed by atoms with E-state index in [-0.39, 0.29) is 12.2 Å². The summed E-state index contributed by atoms with van der Waals surface area (Å²) in [5, 5.41) is 17.8. The van der Waals surface area contributed by atoms with Crippen molar-refractivity contribution in [2.45, 2.75) is 47.5 Å². The van der Waals surface area contributed by atoms with Crippen molar-refractivity contribution in [2.24, 2.45) is 0 Å². The Kier molecular flexibility index (Phi) is 7.17. The van der Waals surface area contributed by atoms with Gasteiger partial charge in [-0.3, -0.25) is 9.59 Å². The molecule has 1 aliphatic rings. The average Bonchev–Trinajstić information content (AvgIpc) is 2.50. The van der Waals surface area contributed by atoms with Gasteiger partial charge in [0.25, 0.3) is 13.9 Å². The number of hydrogen-bond donors (Lipinski definition) is 2. The topological polar surface area (TPSA) is 106 Å². The second kappa shape index (κ2) is 8.60. The first-order valence-electron chi connectivity index (χ1n) is 7.59. The Hall–Kier alpha value is -0.610. The molecule has 1 aliphatic heterocycles. The molecule has 1 saturated heterocycles. The van der Waals surface area contributed by atoms with Crippen molar-refractivity contribution < 1.29 is 27.2 Å². The fourth-order valence-electron chi connectivity index (χ4n) is 2.41. The summed E-state index contributed by atoms with van der Waals surface area (Å²) in [6.45, 7) is 1.51. The van der Waals surface area contributed by atoms with E-state index in [9.17, 15) is 13.5 Å². The van der Waals surface area contributed by atoms with E-state index in [1.165, 1.54) is 6.92 Å². The Balaban J connectivity index is 1.98. The monoisotopic (exact) mass is 445 g/mol. The number of hydrogen-bond acceptors (Lipinski definition) is 7. The maximum atomic E-state index is 12.2. The van der Waals surface area contributed by atoms with Crippen LogP contribution in [0, 0.1) is 5.41 Å². The zero-order chi connectivity index (χ0) is 19.5. The van der Waals surface area contributed by atoms with Crippen LogP contribution in [0.3, 0.4) is 0 Å². The van der Waals surface area contributed by atoms with Crippen LogP contribution in [0.15, 0.2) is 30.3 Å². The van der Waals surface area contributed by atoms with Gasteiger partial charge in [0, 0.05) is 6.42 Å². The van der Waals surface area contributed by atoms with E-state index >= 15 is 0 Å². The van der Waals surface area contributed by atoms with Gasteiger partial charge in [0.15, 0.2) is 0 Å². The number of ether oxygens (including phenoxy) is 2. The molecule has 1 aromatic rings. The van der Waals surface area contributed by atoms with E-state index in [1.54, 1.807) is 30.3 Å². The lowest BCUT2D eigenvalue weighted by molar-refractivity contribution is -0.214. The number of aliphatic hydroxyl groups excluding tert-OH is 1. The minimum Gasteiger partial charge on any atom is -0.448 e. The molecule has 0 bridgehead atoms. The third kappa shape index (κ3) is 6.23. The predicted molar refractivity (Wildman–Crippen MR) is 98.0 cm³/mol. The molecule has 0 radical (unpaired) electrons. The SMILES string of the molecule is C[C@H]1OC(OC(=N)C(Cl)(Cl)Cl)C[C@@H](O)[C@@H]1OS(=O)(=O)Cc1ccccc1. The Morgan fingerprint density at radius 2 is 1.96 bits per heavy atom. The molecule has 2 rings (SSSR count). The van der Waals surface area contributed by atoms with E-state index in [0.29, 0.717) is 5.56 Å². The summed E-state index contributed by atoms with van der Waals surface area (Å²) in [5.74, 6) is -0.996. The smallest absolute Gasteiger partial charge is 0.271 e. The molecule has 11 heteroatoms. The van der Waals surface area contributed by atoms with Gasteiger partial charge in [-0.2, -0.15) is 8.42 Å². The molecule has 2 N–H and O–H groups in total. The molecule has 0 aliphatic carbocycles. The fourth-order valence-corrected chi connectivity index (χ4v) is 3.84. The van der Waals surface area contributed by atoms with Gasteiger partial charge < -0.3 is 14.6 Å². The number of nitrogens with one attached hydrogen (secondary N) is 1. The molecular weight excluding hydrogens is 429 g/mol. The highest BCUT2D eigenvalue weighted by Crippen LogP contribution is 2.31. The molecular formula is C15H18Cl3NO6S. The lowest BCUT2D eigenvalue weighted by atomic mass is 10.0. The molecule has 1 aromatic carbocycles. The molecule has 1 unspecified atom stereocenters. The van der Waals surface area contributed by atoms with E-state index in [1.807, 2.05) is 0 Å². The van der Waals surface area contributed by atoms with Gasteiger partial charge in [0.05, 0.1) is 12.2 Å². The van der Waals surface area contributed by atoms with Crippen LogP contribution in [0.1, 0.15) is 18.9 Å². The van der Waals surface area contributed by atoms with Crippen LogP contribution in [0.25, 0.3) is 0 Å². The summed E-state index contributed by atoms with van der Waals surface area (Å²) in [5.41, 5.74) is 0.559. The fraction of sp³-hybridized carbons (Fsp3) is 0.533. The number of benzene rings is 1. The molecule has 146 valence electrons. The predicted octanol–water partition coefficient (Wildman–Crippen LogP) is 2.76. The number of alkyl halides is 3. The quantitative estimate of drug-likeness (QED) is 0.312. The lowest BCUT2D eigenvalue weighted by Crippen LogP contribution is -2.50. The van der Waals surface area contributed by atoms with Crippen LogP contribution < -0.4 is 0 Å². The maximum absolute atomic E-state index is 12.2. The summed E-state index contributed by atoms with van der Waals surface area (Å²) >= 11 is 16.6. The molecule has 0 spiro atoms. The highest BCUT2D eigenvalue weighted by Gasteiger charge is 2.42. The standard InChI is InChI=1S/C15H18Cl3NO6S/c1-9-13(25-26(21,22)8-10-5-3-2-4-6-10)11(20)7-12(23-9)24-14(19)15(16,17)18/h2-6,9,11-13,19-20H,7-8H2,1H3/t9-,11-,12?,13-/m1/s1. The highest BCUT2D eigenvalue weighted by atomic mass is 35.6. The molecule has 0 aromatic heterocycles. The first kappa shape index (κ1) is 21.7. The van der Waals surface area contributed by atoms with Crippen molar-refractivity contribution in [3.05, 3.63) is 35.9 Å². The lowest BCUT2D eigenvalue weighted by Gasteiger charge is -2.37. The van der Waals surface area contributed by atoms with E-state index in [2.05, 4.69) is 0 Å². The number of aliphatic hydroxyl groups is 1. The van der Waals surface area contributed by atoms with Gasteiger partial charge in [-0.05, 0) is 12.5 Å². The van der Waals surface area contributed by atoms with Gasteiger partial charge in [0.1, 0.15) is 11.9 Å². The van der Waals surface area contributed by atoms with Crippen molar-refractivity contribution >= 4 is 50.8 Å². The third-order valence-electron chi connectivity index (χ3n) is 3.59. The minimum atomic E-state index is -3.95. The van der Waals surface area contributed by atoms with Crippen LogP contribution in [0.4, 0.5) is 0 Å². The minimum absolute atomic E-state index is 0.154. The van der Waals surface area contributed by atoms with E-state index in [0.717, 1.165) is 0 Å². The normalized spacial score (nSPS) is 27.1. The van der Waals surface area contributed by atoms with Crippen molar-refractivity contribution in [3.63, 3.8) is 0 Å². The second-order valence-corrected chi connectivity index (χ2v) is 9.64. The zero-order valence-electron chi connectivity index (χ0n) is 13.6. The third-order valence-corrected chi connectivity index (χ3v) is 5.31. The Morgan fingerprint density at radius 3 is 2.50 bits per heavy atom. The van der Waals surface area contributed by atoms with Gasteiger partial charge >= 0.3 is 0 Å². The first-order valence-corrected chi connectivity index (χ1v) is 10.3. The van der Waals surface area contributed by atoms with Crippen molar-refractivity contribution in [1.29, 1.82) is 5.41 Å². The summed E-state index contributed by atoms with van der Waals surface area (Å²) in [6, 6.07) is 8.52. The van der Waals surface area contributed by atoms with Crippen molar-refractivity contribution in [1.82, 2.24) is 0 Å². The van der Waals surface area contributed by atoms with E-state index < -0.39 is 44.4 Å². The average molecular weight is 447 g/mol. The molecule has 1 heterocycles. The van der Waals surface area contributed by atoms with Gasteiger partial charge in [-0.15, -0.1) is 0 Å². The summed E-state index contributed by atoms with van der Waals surface area (Å²) in [4.78, 5) is 0. The zero-order valence-corrected chi connectivity index (χ0v) is 16.7. The molecule has 1 fully saturated rings. The van der Waals surface area contributed by atoms with Crippen molar-refractivity contribution in [2.75, 3.05) is 0 Å². The van der Waals surface area contributed by atoms with Crippen molar-refractivity contribution in [3.8, 4) is 0 Å². The molecule has 0 saturated carbocycles. The molecule has 7 nitrogen and oxygen atoms in total. The van der Waals surface area contributed by atoms with Crippen LogP contribution in [-0.2, 0) is 29.5 Å². The Bertz CT molecular complexity index is 713. The van der Waals surface area contributed by atoms with E-state index in [4.69, 9.17) is 53.9 Å². The van der Waals surface area contributed by atoms with Crippen LogP contribution in [0.5, 0.6) is 0 Å². The summed E-state index contributed by atoms with van der Waals surface area (Å²) in [7, 11) is -3.95. The maximum Gasteiger partial charge on any atom is 0.271 e. The van der Waals surface area contributed by atoms with Crippen LogP contribution >= 0.6 is 34.8 Å². The second-order valence-electron chi connectivity index (χ2n) is 5.77. The largest absolute Gasteiger partial charge is 0.448 e. The molecule has 4 atom stereocenters. The first-order chi connectivity index (χ1) is 12.0. The molecule has 0 amide bonds.